The SMILES string of the molecule is CC(C)=O.CCCCO.ClCCl. The van der Waals surface area contributed by atoms with Gasteiger partial charge in [-0.2, -0.15) is 0 Å². The standard InChI is InChI=1S/C4H10O.C3H6O.CH2Cl2/c1-2-3-4-5;1-3(2)4;2-1-3/h5H,2-4H2,1H3;1-2H3;1H2. The van der Waals surface area contributed by atoms with Gasteiger partial charge in [0.2, 0.25) is 0 Å². The van der Waals surface area contributed by atoms with Crippen molar-refractivity contribution in [1.82, 2.24) is 0 Å². The van der Waals surface area contributed by atoms with E-state index in [-0.39, 0.29) is 11.1 Å². The third-order valence-electron chi connectivity index (χ3n) is 0.512. The van der Waals surface area contributed by atoms with Crippen molar-refractivity contribution in [2.24, 2.45) is 0 Å². The summed E-state index contributed by atoms with van der Waals surface area (Å²) in [5.74, 6) is 0.167. The molecule has 2 nitrogen and oxygen atoms in total. The maximum atomic E-state index is 9.44. The van der Waals surface area contributed by atoms with Crippen molar-refractivity contribution in [1.29, 1.82) is 0 Å². The highest BCUT2D eigenvalue weighted by Gasteiger charge is 1.69. The second-order valence-electron chi connectivity index (χ2n) is 2.09. The molecule has 0 aliphatic carbocycles. The summed E-state index contributed by atoms with van der Waals surface area (Å²) in [5.41, 5.74) is 0. The Kier molecular flexibility index (Phi) is 33.9. The highest BCUT2D eigenvalue weighted by atomic mass is 35.5. The van der Waals surface area contributed by atoms with Crippen LogP contribution < -0.4 is 0 Å². The maximum absolute atomic E-state index is 9.44. The van der Waals surface area contributed by atoms with Crippen molar-refractivity contribution in [3.63, 3.8) is 0 Å². The van der Waals surface area contributed by atoms with Crippen LogP contribution in [0.25, 0.3) is 0 Å². The summed E-state index contributed by atoms with van der Waals surface area (Å²) in [4.78, 5) is 9.44. The molecule has 0 spiro atoms. The zero-order valence-electron chi connectivity index (χ0n) is 7.94. The Labute approximate surface area is 84.9 Å². The number of carbonyl (C=O) groups excluding carboxylic acids is 1. The number of aliphatic hydroxyl groups excluding tert-OH is 1. The highest BCUT2D eigenvalue weighted by molar-refractivity contribution is 6.40. The molecule has 0 aromatic heterocycles. The van der Waals surface area contributed by atoms with Crippen molar-refractivity contribution in [3.8, 4) is 0 Å². The van der Waals surface area contributed by atoms with Crippen LogP contribution in [0.15, 0.2) is 0 Å². The molecule has 76 valence electrons. The number of unbranched alkanes of at least 4 members (excludes halogenated alkanes) is 1. The topological polar surface area (TPSA) is 37.3 Å². The summed E-state index contributed by atoms with van der Waals surface area (Å²) in [6, 6.07) is 0. The van der Waals surface area contributed by atoms with Gasteiger partial charge in [0.15, 0.2) is 0 Å². The molecule has 0 atom stereocenters. The molecule has 0 radical (unpaired) electrons. The summed E-state index contributed by atoms with van der Waals surface area (Å²) in [5, 5.41) is 8.26. The molecule has 0 fully saturated rings. The smallest absolute Gasteiger partial charge is 0.126 e. The molecule has 0 amide bonds. The first-order valence-electron chi connectivity index (χ1n) is 3.76. The monoisotopic (exact) mass is 216 g/mol. The van der Waals surface area contributed by atoms with Crippen molar-refractivity contribution in [3.05, 3.63) is 0 Å². The lowest BCUT2D eigenvalue weighted by atomic mass is 10.4. The molecular weight excluding hydrogens is 199 g/mol. The zero-order chi connectivity index (χ0) is 10.4. The Morgan fingerprint density at radius 1 is 1.33 bits per heavy atom. The van der Waals surface area contributed by atoms with Gasteiger partial charge in [-0.15, -0.1) is 23.2 Å². The van der Waals surface area contributed by atoms with Gasteiger partial charge in [-0.05, 0) is 20.3 Å². The molecule has 0 aromatic rings. The maximum Gasteiger partial charge on any atom is 0.126 e. The fraction of sp³-hybridized carbons (Fsp3) is 0.875. The number of carbonyl (C=O) groups is 1. The molecule has 0 aromatic carbocycles. The number of rotatable bonds is 2. The third-order valence-corrected chi connectivity index (χ3v) is 0.512. The van der Waals surface area contributed by atoms with E-state index >= 15 is 0 Å². The van der Waals surface area contributed by atoms with E-state index in [4.69, 9.17) is 28.3 Å². The molecule has 4 heteroatoms. The van der Waals surface area contributed by atoms with Gasteiger partial charge >= 0.3 is 0 Å². The van der Waals surface area contributed by atoms with Gasteiger partial charge in [-0.25, -0.2) is 0 Å². The predicted molar refractivity (Wildman–Crippen MR) is 54.9 cm³/mol. The zero-order valence-corrected chi connectivity index (χ0v) is 9.45. The third kappa shape index (κ3) is 177. The Bertz CT molecular complexity index is 71.5. The number of aliphatic hydroxyl groups is 1. The van der Waals surface area contributed by atoms with E-state index < -0.39 is 0 Å². The lowest BCUT2D eigenvalue weighted by Gasteiger charge is -1.79. The molecule has 0 rings (SSSR count). The molecule has 0 saturated carbocycles. The second-order valence-corrected chi connectivity index (χ2v) is 2.89. The highest BCUT2D eigenvalue weighted by Crippen LogP contribution is 1.78. The minimum Gasteiger partial charge on any atom is -0.396 e. The van der Waals surface area contributed by atoms with Crippen LogP contribution in [0.3, 0.4) is 0 Å². The van der Waals surface area contributed by atoms with E-state index in [1.54, 1.807) is 0 Å². The predicted octanol–water partition coefficient (Wildman–Crippen LogP) is 2.80. The van der Waals surface area contributed by atoms with Gasteiger partial charge < -0.3 is 9.90 Å². The fourth-order valence-corrected chi connectivity index (χ4v) is 0.158. The first-order chi connectivity index (χ1) is 5.56. The molecule has 0 saturated heterocycles. The van der Waals surface area contributed by atoms with E-state index in [2.05, 4.69) is 6.92 Å². The van der Waals surface area contributed by atoms with Crippen molar-refractivity contribution < 1.29 is 9.90 Å². The number of ketones is 1. The largest absolute Gasteiger partial charge is 0.396 e. The van der Waals surface area contributed by atoms with Crippen LogP contribution in [0, 0.1) is 0 Å². The summed E-state index contributed by atoms with van der Waals surface area (Å²) >= 11 is 9.53. The quantitative estimate of drug-likeness (QED) is 0.722. The van der Waals surface area contributed by atoms with Crippen molar-refractivity contribution in [2.45, 2.75) is 33.6 Å². The van der Waals surface area contributed by atoms with Crippen LogP contribution in [-0.2, 0) is 4.79 Å². The van der Waals surface area contributed by atoms with Gasteiger partial charge in [0.1, 0.15) is 5.78 Å². The number of alkyl halides is 2. The molecule has 1 N–H and O–H groups in total. The minimum absolute atomic E-state index is 0.167. The van der Waals surface area contributed by atoms with Gasteiger partial charge in [-0.1, -0.05) is 13.3 Å². The van der Waals surface area contributed by atoms with Gasteiger partial charge in [-0.3, -0.25) is 0 Å². The average Bonchev–Trinajstić information content (AvgIpc) is 1.89. The van der Waals surface area contributed by atoms with Gasteiger partial charge in [0, 0.05) is 6.61 Å². The minimum atomic E-state index is 0.167. The Hall–Kier alpha value is 0.210. The average molecular weight is 217 g/mol. The molecule has 0 bridgehead atoms. The lowest BCUT2D eigenvalue weighted by molar-refractivity contribution is -0.114. The van der Waals surface area contributed by atoms with Crippen LogP contribution in [-0.4, -0.2) is 22.8 Å². The van der Waals surface area contributed by atoms with Crippen LogP contribution in [0.5, 0.6) is 0 Å². The van der Waals surface area contributed by atoms with E-state index in [1.807, 2.05) is 0 Å². The van der Waals surface area contributed by atoms with Crippen LogP contribution in [0.1, 0.15) is 33.6 Å². The number of hydrogen-bond donors (Lipinski definition) is 1. The molecule has 0 aliphatic heterocycles. The molecule has 12 heavy (non-hydrogen) atoms. The Morgan fingerprint density at radius 3 is 1.58 bits per heavy atom. The second kappa shape index (κ2) is 22.5. The summed E-state index contributed by atoms with van der Waals surface area (Å²) in [7, 11) is 0. The normalized spacial score (nSPS) is 7.17. The van der Waals surface area contributed by atoms with Crippen LogP contribution in [0.2, 0.25) is 0 Å². The molecule has 0 unspecified atom stereocenters. The van der Waals surface area contributed by atoms with Gasteiger partial charge in [0.25, 0.3) is 0 Å². The van der Waals surface area contributed by atoms with Gasteiger partial charge in [0.05, 0.1) is 5.34 Å². The molecule has 0 heterocycles. The number of hydrogen-bond acceptors (Lipinski definition) is 2. The first-order valence-corrected chi connectivity index (χ1v) is 4.83. The van der Waals surface area contributed by atoms with Crippen molar-refractivity contribution >= 4 is 29.0 Å². The number of Topliss-reactive ketones (excluding diaryl/α,β-unsaturated/α-hetero) is 1. The van der Waals surface area contributed by atoms with Crippen molar-refractivity contribution in [2.75, 3.05) is 11.9 Å². The summed E-state index contributed by atoms with van der Waals surface area (Å²) in [6.45, 7) is 5.45. The van der Waals surface area contributed by atoms with E-state index in [1.165, 1.54) is 13.8 Å². The summed E-state index contributed by atoms with van der Waals surface area (Å²) in [6.07, 6.45) is 2.04. The first kappa shape index (κ1) is 18.1. The van der Waals surface area contributed by atoms with Crippen LogP contribution >= 0.6 is 23.2 Å². The van der Waals surface area contributed by atoms with E-state index in [0.29, 0.717) is 6.61 Å². The van der Waals surface area contributed by atoms with Crippen LogP contribution in [0.4, 0.5) is 0 Å². The molecular formula is C8H18Cl2O2. The Balaban J connectivity index is -0.000000105. The van der Waals surface area contributed by atoms with E-state index in [9.17, 15) is 4.79 Å². The number of halogens is 2. The Morgan fingerprint density at radius 2 is 1.58 bits per heavy atom. The van der Waals surface area contributed by atoms with E-state index in [0.717, 1.165) is 12.8 Å². The summed E-state index contributed by atoms with van der Waals surface area (Å²) < 4.78 is 0. The molecule has 0 aliphatic rings. The lowest BCUT2D eigenvalue weighted by Crippen LogP contribution is -1.75. The fourth-order valence-electron chi connectivity index (χ4n) is 0.158.